The average molecular weight is 468 g/mol. The lowest BCUT2D eigenvalue weighted by Crippen LogP contribution is -2.26. The summed E-state index contributed by atoms with van der Waals surface area (Å²) in [6.45, 7) is 3.39. The summed E-state index contributed by atoms with van der Waals surface area (Å²) in [5.74, 6) is -0.0690. The molecular weight excluding hydrogens is 449 g/mol. The van der Waals surface area contributed by atoms with Crippen LogP contribution < -0.4 is 4.74 Å². The van der Waals surface area contributed by atoms with E-state index in [0.717, 1.165) is 29.8 Å². The Morgan fingerprint density at radius 2 is 1.59 bits per heavy atom. The molecule has 170 valence electrons. The van der Waals surface area contributed by atoms with Crippen LogP contribution in [0, 0.1) is 6.92 Å². The van der Waals surface area contributed by atoms with Crippen LogP contribution in [-0.4, -0.2) is 27.4 Å². The molecule has 0 saturated heterocycles. The normalized spacial score (nSPS) is 13.0. The molecule has 0 aliphatic heterocycles. The van der Waals surface area contributed by atoms with E-state index < -0.39 is 34.1 Å². The van der Waals surface area contributed by atoms with Crippen molar-refractivity contribution in [2.24, 2.45) is 0 Å². The quantitative estimate of drug-likeness (QED) is 0.263. The van der Waals surface area contributed by atoms with Gasteiger partial charge in [-0.1, -0.05) is 42.5 Å². The number of carbonyl (C=O) groups is 1. The second kappa shape index (κ2) is 9.17. The topological polar surface area (TPSA) is 78.9 Å². The Morgan fingerprint density at radius 1 is 0.969 bits per heavy atom. The molecule has 0 N–H and O–H groups in total. The number of halogens is 3. The summed E-state index contributed by atoms with van der Waals surface area (Å²) in [6.07, 6.45) is -8.81. The monoisotopic (exact) mass is 468 g/mol. The molecule has 3 rings (SSSR count). The van der Waals surface area contributed by atoms with Crippen molar-refractivity contribution in [2.45, 2.75) is 31.0 Å². The molecule has 3 aromatic carbocycles. The third-order valence-electron chi connectivity index (χ3n) is 4.54. The summed E-state index contributed by atoms with van der Waals surface area (Å²) in [4.78, 5) is 11.0. The van der Waals surface area contributed by atoms with E-state index in [9.17, 15) is 26.4 Å². The maximum Gasteiger partial charge on any atom is 0.513 e. The number of alkyl halides is 3. The molecule has 0 bridgehead atoms. The van der Waals surface area contributed by atoms with Gasteiger partial charge in [0.25, 0.3) is 10.1 Å². The Kier molecular flexibility index (Phi) is 6.75. The molecular formula is C22H19F3O6S. The van der Waals surface area contributed by atoms with E-state index in [-0.39, 0.29) is 22.6 Å². The van der Waals surface area contributed by atoms with Crippen molar-refractivity contribution >= 4 is 27.0 Å². The zero-order valence-electron chi connectivity index (χ0n) is 17.0. The van der Waals surface area contributed by atoms with Gasteiger partial charge in [0, 0.05) is 5.39 Å². The molecule has 0 aromatic heterocycles. The number of benzene rings is 3. The standard InChI is InChI=1S/C22H19F3O6S/c1-3-29-21(26)30-16-12-10-15(11-13-16)20(22(23,24)25)31-32(27,28)19-9-5-7-17-14(2)6-4-8-18(17)19/h4-13,20H,3H2,1-2H3. The Labute approximate surface area is 182 Å². The van der Waals surface area contributed by atoms with Gasteiger partial charge in [0.2, 0.25) is 0 Å². The lowest BCUT2D eigenvalue weighted by atomic mass is 10.1. The van der Waals surface area contributed by atoms with Gasteiger partial charge in [-0.15, -0.1) is 0 Å². The average Bonchev–Trinajstić information content (AvgIpc) is 2.72. The smallest absolute Gasteiger partial charge is 0.434 e. The molecule has 0 saturated carbocycles. The lowest BCUT2D eigenvalue weighted by Gasteiger charge is -2.21. The highest BCUT2D eigenvalue weighted by Crippen LogP contribution is 2.39. The molecule has 10 heteroatoms. The molecule has 0 aliphatic carbocycles. The van der Waals surface area contributed by atoms with Gasteiger partial charge < -0.3 is 9.47 Å². The fourth-order valence-corrected chi connectivity index (χ4v) is 4.36. The lowest BCUT2D eigenvalue weighted by molar-refractivity contribution is -0.196. The van der Waals surface area contributed by atoms with Crippen molar-refractivity contribution in [1.29, 1.82) is 0 Å². The van der Waals surface area contributed by atoms with Crippen LogP contribution in [0.4, 0.5) is 18.0 Å². The fraction of sp³-hybridized carbons (Fsp3) is 0.227. The first-order chi connectivity index (χ1) is 15.0. The van der Waals surface area contributed by atoms with E-state index in [1.807, 2.05) is 0 Å². The van der Waals surface area contributed by atoms with E-state index in [1.165, 1.54) is 18.2 Å². The van der Waals surface area contributed by atoms with Crippen LogP contribution in [-0.2, 0) is 19.0 Å². The summed E-state index contributed by atoms with van der Waals surface area (Å²) in [7, 11) is -4.80. The molecule has 0 heterocycles. The Balaban J connectivity index is 1.95. The minimum Gasteiger partial charge on any atom is -0.434 e. The molecule has 1 unspecified atom stereocenters. The number of hydrogen-bond donors (Lipinski definition) is 0. The van der Waals surface area contributed by atoms with E-state index in [4.69, 9.17) is 8.92 Å². The molecule has 0 aliphatic rings. The van der Waals surface area contributed by atoms with Crippen LogP contribution in [0.2, 0.25) is 0 Å². The number of rotatable bonds is 6. The molecule has 0 radical (unpaired) electrons. The number of ether oxygens (including phenoxy) is 2. The minimum atomic E-state index is -5.03. The predicted octanol–water partition coefficient (Wildman–Crippen LogP) is 5.69. The molecule has 0 spiro atoms. The van der Waals surface area contributed by atoms with Gasteiger partial charge in [0.15, 0.2) is 6.10 Å². The van der Waals surface area contributed by atoms with Gasteiger partial charge in [-0.25, -0.2) is 8.98 Å². The second-order valence-corrected chi connectivity index (χ2v) is 8.29. The Bertz CT molecular complexity index is 1220. The molecule has 1 atom stereocenters. The molecule has 6 nitrogen and oxygen atoms in total. The van der Waals surface area contributed by atoms with Gasteiger partial charge in [-0.05, 0) is 48.6 Å². The van der Waals surface area contributed by atoms with Crippen molar-refractivity contribution in [3.05, 3.63) is 71.8 Å². The first-order valence-corrected chi connectivity index (χ1v) is 10.9. The highest BCUT2D eigenvalue weighted by Gasteiger charge is 2.45. The first kappa shape index (κ1) is 23.6. The zero-order valence-corrected chi connectivity index (χ0v) is 17.9. The second-order valence-electron chi connectivity index (χ2n) is 6.75. The van der Waals surface area contributed by atoms with Crippen LogP contribution in [0.15, 0.2) is 65.6 Å². The van der Waals surface area contributed by atoms with Gasteiger partial charge in [-0.2, -0.15) is 21.6 Å². The van der Waals surface area contributed by atoms with Crippen LogP contribution in [0.5, 0.6) is 5.75 Å². The molecule has 3 aromatic rings. The fourth-order valence-electron chi connectivity index (χ4n) is 3.09. The maximum absolute atomic E-state index is 13.7. The van der Waals surface area contributed by atoms with Crippen LogP contribution in [0.3, 0.4) is 0 Å². The number of fused-ring (bicyclic) bond motifs is 1. The number of aryl methyl sites for hydroxylation is 1. The molecule has 0 fully saturated rings. The highest BCUT2D eigenvalue weighted by molar-refractivity contribution is 7.87. The Hall–Kier alpha value is -3.11. The van der Waals surface area contributed by atoms with E-state index in [0.29, 0.717) is 5.39 Å². The van der Waals surface area contributed by atoms with Crippen LogP contribution in [0.25, 0.3) is 10.8 Å². The van der Waals surface area contributed by atoms with Crippen molar-refractivity contribution < 1.29 is 40.0 Å². The van der Waals surface area contributed by atoms with Gasteiger partial charge >= 0.3 is 12.3 Å². The third-order valence-corrected chi connectivity index (χ3v) is 5.88. The minimum absolute atomic E-state index is 0.0620. The van der Waals surface area contributed by atoms with Gasteiger partial charge in [0.1, 0.15) is 10.6 Å². The maximum atomic E-state index is 13.7. The van der Waals surface area contributed by atoms with Crippen molar-refractivity contribution in [2.75, 3.05) is 6.61 Å². The van der Waals surface area contributed by atoms with Crippen LogP contribution in [0.1, 0.15) is 24.2 Å². The van der Waals surface area contributed by atoms with Gasteiger partial charge in [-0.3, -0.25) is 0 Å². The number of carbonyl (C=O) groups excluding carboxylic acids is 1. The van der Waals surface area contributed by atoms with Gasteiger partial charge in [0.05, 0.1) is 6.61 Å². The van der Waals surface area contributed by atoms with Crippen molar-refractivity contribution in [1.82, 2.24) is 0 Å². The highest BCUT2D eigenvalue weighted by atomic mass is 32.2. The summed E-state index contributed by atoms with van der Waals surface area (Å²) in [5.41, 5.74) is 0.290. The van der Waals surface area contributed by atoms with Crippen molar-refractivity contribution in [3.63, 3.8) is 0 Å². The third kappa shape index (κ3) is 5.20. The summed E-state index contributed by atoms with van der Waals surface area (Å²) < 4.78 is 81.1. The van der Waals surface area contributed by atoms with E-state index in [2.05, 4.69) is 4.74 Å². The molecule has 32 heavy (non-hydrogen) atoms. The predicted molar refractivity (Wildman–Crippen MR) is 110 cm³/mol. The summed E-state index contributed by atoms with van der Waals surface area (Å²) in [5, 5.41) is 0.841. The van der Waals surface area contributed by atoms with Crippen LogP contribution >= 0.6 is 0 Å². The van der Waals surface area contributed by atoms with E-state index >= 15 is 0 Å². The zero-order chi connectivity index (χ0) is 23.5. The number of hydrogen-bond acceptors (Lipinski definition) is 6. The SMILES string of the molecule is CCOC(=O)Oc1ccc(C(OS(=O)(=O)c2cccc3c(C)cccc23)C(F)(F)F)cc1. The largest absolute Gasteiger partial charge is 0.513 e. The summed E-state index contributed by atoms with van der Waals surface area (Å²) >= 11 is 0. The Morgan fingerprint density at radius 3 is 2.22 bits per heavy atom. The summed E-state index contributed by atoms with van der Waals surface area (Å²) in [6, 6.07) is 13.3. The molecule has 0 amide bonds. The van der Waals surface area contributed by atoms with Crippen molar-refractivity contribution in [3.8, 4) is 5.75 Å². The van der Waals surface area contributed by atoms with E-state index in [1.54, 1.807) is 32.0 Å². The first-order valence-electron chi connectivity index (χ1n) is 9.46.